The molecule has 0 radical (unpaired) electrons. The fraction of sp³-hybridized carbons (Fsp3) is 0.375. The lowest BCUT2D eigenvalue weighted by molar-refractivity contribution is 0.260. The van der Waals surface area contributed by atoms with Crippen molar-refractivity contribution in [1.29, 1.82) is 0 Å². The third kappa shape index (κ3) is 5.04. The highest BCUT2D eigenvalue weighted by atomic mass is 32.2. The third-order valence-corrected chi connectivity index (χ3v) is 4.54. The van der Waals surface area contributed by atoms with Crippen LogP contribution in [0.25, 0.3) is 0 Å². The molecule has 2 amide bonds. The number of nitrogens with zero attached hydrogens (tertiary/aromatic N) is 3. The highest BCUT2D eigenvalue weighted by molar-refractivity contribution is 7.91. The van der Waals surface area contributed by atoms with Crippen LogP contribution in [-0.2, 0) is 16.5 Å². The number of carbonyl (C=O) groups excluding carboxylic acids is 1. The Bertz CT molecular complexity index is 826. The summed E-state index contributed by atoms with van der Waals surface area (Å²) in [6, 6.07) is 7.95. The number of ether oxygens (including phenoxy) is 1. The van der Waals surface area contributed by atoms with Gasteiger partial charge in [-0.25, -0.2) is 18.8 Å². The minimum atomic E-state index is -3.48. The van der Waals surface area contributed by atoms with E-state index in [1.165, 1.54) is 6.20 Å². The van der Waals surface area contributed by atoms with Crippen LogP contribution in [0.4, 0.5) is 10.5 Å². The van der Waals surface area contributed by atoms with Crippen molar-refractivity contribution in [3.8, 4) is 5.88 Å². The number of urea groups is 1. The number of rotatable bonds is 7. The number of hydrogen-bond acceptors (Lipinski definition) is 4. The Kier molecular flexibility index (Phi) is 6.54. The second-order valence-corrected chi connectivity index (χ2v) is 7.10. The molecule has 1 aromatic carbocycles. The first-order valence-electron chi connectivity index (χ1n) is 8.07. The van der Waals surface area contributed by atoms with Gasteiger partial charge >= 0.3 is 6.03 Å². The largest absolute Gasteiger partial charge is 0.477 e. The second-order valence-electron chi connectivity index (χ2n) is 5.34. The van der Waals surface area contributed by atoms with Gasteiger partial charge in [0.05, 0.1) is 12.8 Å². The van der Waals surface area contributed by atoms with E-state index in [9.17, 15) is 9.00 Å². The number of para-hydroxylation sites is 1. The normalized spacial score (nSPS) is 13.1. The Morgan fingerprint density at radius 2 is 2.04 bits per heavy atom. The first kappa shape index (κ1) is 18.9. The Labute approximate surface area is 147 Å². The quantitative estimate of drug-likeness (QED) is 0.785. The van der Waals surface area contributed by atoms with Crippen molar-refractivity contribution in [2.75, 3.05) is 11.9 Å². The molecule has 0 aliphatic carbocycles. The monoisotopic (exact) mass is 365 g/mol. The first-order valence-corrected chi connectivity index (χ1v) is 9.65. The van der Waals surface area contributed by atoms with Crippen LogP contribution in [0.1, 0.15) is 26.7 Å². The molecule has 0 bridgehead atoms. The van der Waals surface area contributed by atoms with E-state index in [2.05, 4.69) is 14.8 Å². The summed E-state index contributed by atoms with van der Waals surface area (Å²) >= 11 is 0. The average Bonchev–Trinajstić information content (AvgIpc) is 2.97. The minimum absolute atomic E-state index is 0.123. The zero-order valence-corrected chi connectivity index (χ0v) is 15.2. The smallest absolute Gasteiger partial charge is 0.354 e. The molecule has 8 nitrogen and oxygen atoms in total. The van der Waals surface area contributed by atoms with Gasteiger partial charge in [0.15, 0.2) is 9.92 Å². The van der Waals surface area contributed by atoms with Crippen molar-refractivity contribution in [3.05, 3.63) is 36.5 Å². The lowest BCUT2D eigenvalue weighted by atomic mass is 10.3. The predicted octanol–water partition coefficient (Wildman–Crippen LogP) is 3.01. The average molecular weight is 365 g/mol. The van der Waals surface area contributed by atoms with E-state index >= 15 is 0 Å². The molecular weight excluding hydrogens is 342 g/mol. The zero-order chi connectivity index (χ0) is 18.3. The van der Waals surface area contributed by atoms with Gasteiger partial charge in [-0.1, -0.05) is 32.0 Å². The summed E-state index contributed by atoms with van der Waals surface area (Å²) in [5, 5.41) is 12.5. The van der Waals surface area contributed by atoms with Gasteiger partial charge in [-0.3, -0.25) is 0 Å². The predicted molar refractivity (Wildman–Crippen MR) is 96.8 cm³/mol. The number of anilines is 1. The van der Waals surface area contributed by atoms with Crippen LogP contribution < -0.4 is 15.2 Å². The van der Waals surface area contributed by atoms with Gasteiger partial charge in [0.1, 0.15) is 4.90 Å². The van der Waals surface area contributed by atoms with Crippen LogP contribution in [0.5, 0.6) is 5.88 Å². The SMILES string of the molecule is CCCOc1c(S(N)(=O)=NC(=O)Nc2ccccc2)cnn1CCC. The summed E-state index contributed by atoms with van der Waals surface area (Å²) in [5.41, 5.74) is 0.538. The number of nitrogens with one attached hydrogen (secondary N) is 1. The van der Waals surface area contributed by atoms with Gasteiger partial charge in [-0.05, 0) is 25.0 Å². The van der Waals surface area contributed by atoms with Gasteiger partial charge < -0.3 is 10.1 Å². The maximum atomic E-state index is 12.8. The van der Waals surface area contributed by atoms with Crippen LogP contribution in [0.3, 0.4) is 0 Å². The van der Waals surface area contributed by atoms with Crippen molar-refractivity contribution >= 4 is 21.6 Å². The van der Waals surface area contributed by atoms with E-state index in [4.69, 9.17) is 9.88 Å². The van der Waals surface area contributed by atoms with E-state index in [0.717, 1.165) is 12.8 Å². The standard InChI is InChI=1S/C16H23N5O3S/c1-3-10-21-15(24-11-4-2)14(12-18-21)25(17,23)20-16(22)19-13-8-6-5-7-9-13/h5-9,12H,3-4,10-11H2,1-2H3,(H3,17,19,20,22,23). The zero-order valence-electron chi connectivity index (χ0n) is 14.3. The van der Waals surface area contributed by atoms with Crippen molar-refractivity contribution in [2.45, 2.75) is 38.1 Å². The molecule has 9 heteroatoms. The third-order valence-electron chi connectivity index (χ3n) is 3.20. The molecule has 1 unspecified atom stereocenters. The van der Waals surface area contributed by atoms with Crippen LogP contribution in [0.2, 0.25) is 0 Å². The fourth-order valence-corrected chi connectivity index (χ4v) is 3.12. The molecule has 136 valence electrons. The molecule has 0 saturated heterocycles. The fourth-order valence-electron chi connectivity index (χ4n) is 2.11. The molecule has 0 fully saturated rings. The van der Waals surface area contributed by atoms with E-state index in [0.29, 0.717) is 24.7 Å². The van der Waals surface area contributed by atoms with Crippen LogP contribution in [-0.4, -0.2) is 26.6 Å². The summed E-state index contributed by atoms with van der Waals surface area (Å²) in [4.78, 5) is 12.2. The molecule has 25 heavy (non-hydrogen) atoms. The van der Waals surface area contributed by atoms with Crippen LogP contribution in [0, 0.1) is 0 Å². The molecule has 3 N–H and O–H groups in total. The van der Waals surface area contributed by atoms with Gasteiger partial charge in [0.2, 0.25) is 5.88 Å². The summed E-state index contributed by atoms with van der Waals surface area (Å²) in [5.74, 6) is 0.299. The first-order chi connectivity index (χ1) is 12.0. The molecule has 0 aliphatic heterocycles. The Morgan fingerprint density at radius 1 is 1.32 bits per heavy atom. The van der Waals surface area contributed by atoms with Crippen LogP contribution >= 0.6 is 0 Å². The van der Waals surface area contributed by atoms with E-state index in [1.807, 2.05) is 19.9 Å². The van der Waals surface area contributed by atoms with E-state index in [1.54, 1.807) is 28.9 Å². The van der Waals surface area contributed by atoms with E-state index in [-0.39, 0.29) is 4.90 Å². The lowest BCUT2D eigenvalue weighted by Crippen LogP contribution is -2.18. The van der Waals surface area contributed by atoms with Crippen LogP contribution in [0.15, 0.2) is 45.8 Å². The number of aryl methyl sites for hydroxylation is 1. The number of aromatic nitrogens is 2. The molecule has 1 aromatic heterocycles. The lowest BCUT2D eigenvalue weighted by Gasteiger charge is -2.10. The van der Waals surface area contributed by atoms with Gasteiger partial charge in [0, 0.05) is 12.2 Å². The summed E-state index contributed by atoms with van der Waals surface area (Å²) in [6.07, 6.45) is 2.94. The Hall–Kier alpha value is -2.39. The number of hydrogen-bond donors (Lipinski definition) is 2. The Morgan fingerprint density at radius 3 is 2.68 bits per heavy atom. The Balaban J connectivity index is 2.31. The molecule has 0 aliphatic rings. The molecule has 1 atom stereocenters. The van der Waals surface area contributed by atoms with E-state index < -0.39 is 15.9 Å². The maximum absolute atomic E-state index is 12.8. The summed E-state index contributed by atoms with van der Waals surface area (Å²) < 4.78 is 23.7. The van der Waals surface area contributed by atoms with Gasteiger partial charge in [-0.2, -0.15) is 5.10 Å². The van der Waals surface area contributed by atoms with Crippen molar-refractivity contribution in [1.82, 2.24) is 9.78 Å². The van der Waals surface area contributed by atoms with Gasteiger partial charge in [0.25, 0.3) is 0 Å². The maximum Gasteiger partial charge on any atom is 0.354 e. The topological polar surface area (TPSA) is 112 Å². The molecule has 2 aromatic rings. The minimum Gasteiger partial charge on any atom is -0.477 e. The van der Waals surface area contributed by atoms with Crippen molar-refractivity contribution in [2.24, 2.45) is 9.50 Å². The number of nitrogens with two attached hydrogens (primary N) is 1. The number of carbonyl (C=O) groups is 1. The molecule has 2 rings (SSSR count). The van der Waals surface area contributed by atoms with Crippen molar-refractivity contribution < 1.29 is 13.7 Å². The molecular formula is C16H23N5O3S. The summed E-state index contributed by atoms with van der Waals surface area (Å²) in [7, 11) is -3.48. The number of amides is 2. The van der Waals surface area contributed by atoms with Gasteiger partial charge in [-0.15, -0.1) is 4.36 Å². The number of benzene rings is 1. The molecule has 1 heterocycles. The summed E-state index contributed by atoms with van der Waals surface area (Å²) in [6.45, 7) is 4.96. The highest BCUT2D eigenvalue weighted by Gasteiger charge is 2.21. The molecule has 0 saturated carbocycles. The highest BCUT2D eigenvalue weighted by Crippen LogP contribution is 2.24. The molecule has 0 spiro atoms. The second kappa shape index (κ2) is 8.63. The van der Waals surface area contributed by atoms with Crippen molar-refractivity contribution in [3.63, 3.8) is 0 Å².